The number of aromatic amines is 2. The number of aromatic nitrogens is 8. The van der Waals surface area contributed by atoms with Crippen molar-refractivity contribution in [3.05, 3.63) is 115 Å². The van der Waals surface area contributed by atoms with E-state index in [1.165, 1.54) is 52.0 Å². The zero-order valence-electron chi connectivity index (χ0n) is 29.4. The molecule has 0 aliphatic heterocycles. The number of fused-ring (bicyclic) bond motifs is 2. The number of nitrogens with one attached hydrogen (secondary N) is 2. The smallest absolute Gasteiger partial charge is 0.390 e. The van der Waals surface area contributed by atoms with E-state index in [0.717, 1.165) is 33.6 Å². The van der Waals surface area contributed by atoms with Gasteiger partial charge in [0, 0.05) is 0 Å². The topological polar surface area (TPSA) is 168 Å². The minimum atomic E-state index is -4.51. The van der Waals surface area contributed by atoms with Gasteiger partial charge in [-0.1, -0.05) is 24.3 Å². The van der Waals surface area contributed by atoms with Crippen LogP contribution in [0.25, 0.3) is 22.1 Å². The van der Waals surface area contributed by atoms with Crippen LogP contribution in [0.5, 0.6) is 0 Å². The molecule has 22 heteroatoms. The molecule has 4 heterocycles. The van der Waals surface area contributed by atoms with E-state index < -0.39 is 93.9 Å². The highest BCUT2D eigenvalue weighted by Crippen LogP contribution is 2.36. The van der Waals surface area contributed by atoms with Crippen LogP contribution in [-0.2, 0) is 24.2 Å². The Bertz CT molecular complexity index is 2310. The highest BCUT2D eigenvalue weighted by atomic mass is 19.4. The van der Waals surface area contributed by atoms with E-state index >= 15 is 0 Å². The maximum Gasteiger partial charge on any atom is 0.416 e. The Hall–Kier alpha value is -5.64. The summed E-state index contributed by atoms with van der Waals surface area (Å²) in [6.45, 7) is 2.81. The summed E-state index contributed by atoms with van der Waals surface area (Å²) in [6.07, 6.45) is -9.02. The van der Waals surface area contributed by atoms with Crippen LogP contribution in [0.1, 0.15) is 71.2 Å². The van der Waals surface area contributed by atoms with Gasteiger partial charge in [-0.05, 0) is 63.1 Å². The molecule has 0 fully saturated rings. The lowest BCUT2D eigenvalue weighted by Gasteiger charge is -2.15. The summed E-state index contributed by atoms with van der Waals surface area (Å²) in [4.78, 5) is 37.2. The van der Waals surface area contributed by atoms with Gasteiger partial charge in [0.2, 0.25) is 0 Å². The second-order valence-electron chi connectivity index (χ2n) is 12.6. The standard InChI is InChI=1S/2C17H15F5N4O2/c2*1-8(10-3-5-11(6-4-10)17(20,21)22)26-14-12(15(28)24-9(2)23-14)13(25-26)16(18,19)7-27/h2*3-6,8,27H,7H2,1-2H3,(H,23,24,28)/t2*8-/m10/s1. The molecule has 2 aromatic carbocycles. The Labute approximate surface area is 307 Å². The van der Waals surface area contributed by atoms with Crippen LogP contribution in [0, 0.1) is 13.8 Å². The summed E-state index contributed by atoms with van der Waals surface area (Å²) in [7, 11) is 0. The third kappa shape index (κ3) is 8.01. The van der Waals surface area contributed by atoms with E-state index in [2.05, 4.69) is 30.1 Å². The lowest BCUT2D eigenvalue weighted by molar-refractivity contribution is -0.138. The molecule has 0 aliphatic rings. The highest BCUT2D eigenvalue weighted by molar-refractivity contribution is 5.79. The second kappa shape index (κ2) is 14.8. The average Bonchev–Trinajstić information content (AvgIpc) is 3.71. The number of halogens is 10. The van der Waals surface area contributed by atoms with Gasteiger partial charge in [0.25, 0.3) is 11.1 Å². The van der Waals surface area contributed by atoms with Crippen molar-refractivity contribution in [2.75, 3.05) is 13.2 Å². The number of alkyl halides is 10. The third-order valence-electron chi connectivity index (χ3n) is 8.63. The molecular formula is C34H30F10N8O4. The monoisotopic (exact) mass is 804 g/mol. The SMILES string of the molecule is Cc1nc2c(c(C(F)(F)CO)nn2[C@@H](C)c2ccc(C(F)(F)F)cc2)c(=O)[nH]1.Cc1nc2c(c(C(F)(F)CO)nn2[C@H](C)c2ccc(C(F)(F)F)cc2)c(=O)[nH]1. The van der Waals surface area contributed by atoms with E-state index in [4.69, 9.17) is 10.2 Å². The number of nitrogens with zero attached hydrogens (tertiary/aromatic N) is 6. The first kappa shape index (κ1) is 41.5. The first-order valence-corrected chi connectivity index (χ1v) is 16.2. The average molecular weight is 805 g/mol. The number of aliphatic hydroxyl groups excluding tert-OH is 2. The zero-order valence-corrected chi connectivity index (χ0v) is 29.4. The van der Waals surface area contributed by atoms with Crippen LogP contribution >= 0.6 is 0 Å². The van der Waals surface area contributed by atoms with Crippen molar-refractivity contribution in [2.45, 2.75) is 64.0 Å². The van der Waals surface area contributed by atoms with Crippen molar-refractivity contribution in [1.29, 1.82) is 0 Å². The van der Waals surface area contributed by atoms with E-state index in [-0.39, 0.29) is 22.9 Å². The first-order chi connectivity index (χ1) is 25.9. The highest BCUT2D eigenvalue weighted by Gasteiger charge is 2.40. The Morgan fingerprint density at radius 1 is 0.589 bits per heavy atom. The molecule has 2 atom stereocenters. The minimum Gasteiger partial charge on any atom is -0.390 e. The van der Waals surface area contributed by atoms with E-state index in [9.17, 15) is 53.5 Å². The van der Waals surface area contributed by atoms with Crippen LogP contribution in [-0.4, -0.2) is 62.9 Å². The molecule has 12 nitrogen and oxygen atoms in total. The second-order valence-corrected chi connectivity index (χ2v) is 12.6. The van der Waals surface area contributed by atoms with Gasteiger partial charge in [-0.15, -0.1) is 0 Å². The largest absolute Gasteiger partial charge is 0.416 e. The Kier molecular flexibility index (Phi) is 11.0. The Balaban J connectivity index is 0.000000214. The molecular weight excluding hydrogens is 774 g/mol. The lowest BCUT2D eigenvalue weighted by Crippen LogP contribution is -2.22. The molecule has 300 valence electrons. The summed E-state index contributed by atoms with van der Waals surface area (Å²) < 4.78 is 135. The van der Waals surface area contributed by atoms with Crippen molar-refractivity contribution in [1.82, 2.24) is 39.5 Å². The van der Waals surface area contributed by atoms with Crippen LogP contribution < -0.4 is 11.1 Å². The summed E-state index contributed by atoms with van der Waals surface area (Å²) in [5.41, 5.74) is -4.93. The predicted molar refractivity (Wildman–Crippen MR) is 178 cm³/mol. The molecule has 0 saturated carbocycles. The first-order valence-electron chi connectivity index (χ1n) is 16.2. The fourth-order valence-corrected chi connectivity index (χ4v) is 5.70. The van der Waals surface area contributed by atoms with Crippen LogP contribution in [0.3, 0.4) is 0 Å². The third-order valence-corrected chi connectivity index (χ3v) is 8.63. The van der Waals surface area contributed by atoms with E-state index in [0.29, 0.717) is 11.1 Å². The van der Waals surface area contributed by atoms with Gasteiger partial charge >= 0.3 is 24.2 Å². The molecule has 6 aromatic rings. The summed E-state index contributed by atoms with van der Waals surface area (Å²) in [6, 6.07) is 6.66. The van der Waals surface area contributed by atoms with Gasteiger partial charge in [0.05, 0.1) is 23.2 Å². The fourth-order valence-electron chi connectivity index (χ4n) is 5.70. The van der Waals surface area contributed by atoms with Gasteiger partial charge < -0.3 is 20.2 Å². The van der Waals surface area contributed by atoms with Crippen molar-refractivity contribution in [3.63, 3.8) is 0 Å². The maximum atomic E-state index is 14.1. The predicted octanol–water partition coefficient (Wildman–Crippen LogP) is 6.28. The number of rotatable bonds is 8. The molecule has 56 heavy (non-hydrogen) atoms. The quantitative estimate of drug-likeness (QED) is 0.131. The van der Waals surface area contributed by atoms with Gasteiger partial charge in [-0.3, -0.25) is 9.59 Å². The van der Waals surface area contributed by atoms with Gasteiger partial charge in [0.1, 0.15) is 47.0 Å². The van der Waals surface area contributed by atoms with E-state index in [1.54, 1.807) is 0 Å². The molecule has 0 radical (unpaired) electrons. The number of aliphatic hydroxyl groups is 2. The van der Waals surface area contributed by atoms with Gasteiger partial charge in [-0.25, -0.2) is 19.3 Å². The van der Waals surface area contributed by atoms with Crippen LogP contribution in [0.4, 0.5) is 43.9 Å². The van der Waals surface area contributed by atoms with Crippen molar-refractivity contribution in [3.8, 4) is 0 Å². The molecule has 4 N–H and O–H groups in total. The molecule has 0 amide bonds. The molecule has 0 aliphatic carbocycles. The zero-order chi connectivity index (χ0) is 41.7. The lowest BCUT2D eigenvalue weighted by atomic mass is 10.1. The molecule has 4 aromatic heterocycles. The number of benzene rings is 2. The molecule has 0 spiro atoms. The van der Waals surface area contributed by atoms with Crippen molar-refractivity contribution >= 4 is 22.1 Å². The number of H-pyrrole nitrogens is 2. The summed E-state index contributed by atoms with van der Waals surface area (Å²) in [5, 5.41) is 24.6. The fraction of sp³-hybridized carbons (Fsp3) is 0.353. The van der Waals surface area contributed by atoms with Gasteiger partial charge in [-0.2, -0.15) is 54.1 Å². The van der Waals surface area contributed by atoms with Crippen molar-refractivity contribution in [2.24, 2.45) is 0 Å². The number of aryl methyl sites for hydroxylation is 2. The minimum absolute atomic E-state index is 0.150. The van der Waals surface area contributed by atoms with Crippen LogP contribution in [0.2, 0.25) is 0 Å². The summed E-state index contributed by atoms with van der Waals surface area (Å²) in [5.74, 6) is -7.30. The number of hydrogen-bond acceptors (Lipinski definition) is 8. The Morgan fingerprint density at radius 3 is 1.16 bits per heavy atom. The number of hydrogen-bond donors (Lipinski definition) is 4. The summed E-state index contributed by atoms with van der Waals surface area (Å²) >= 11 is 0. The molecule has 0 bridgehead atoms. The molecule has 0 unspecified atom stereocenters. The molecule has 0 saturated heterocycles. The van der Waals surface area contributed by atoms with Crippen molar-refractivity contribution < 1.29 is 54.1 Å². The normalized spacial score (nSPS) is 13.9. The van der Waals surface area contributed by atoms with E-state index in [1.807, 2.05) is 0 Å². The Morgan fingerprint density at radius 2 is 0.893 bits per heavy atom. The molecule has 6 rings (SSSR count). The maximum absolute atomic E-state index is 14.1. The van der Waals surface area contributed by atoms with Gasteiger partial charge in [0.15, 0.2) is 11.3 Å². The van der Waals surface area contributed by atoms with Crippen LogP contribution in [0.15, 0.2) is 58.1 Å².